The van der Waals surface area contributed by atoms with Crippen LogP contribution < -0.4 is 14.9 Å². The van der Waals surface area contributed by atoms with Gasteiger partial charge in [0.25, 0.3) is 0 Å². The van der Waals surface area contributed by atoms with Crippen LogP contribution in [0.4, 0.5) is 0 Å². The molecule has 1 atom stereocenters. The number of pyridine rings is 2. The fraction of sp³-hybridized carbons (Fsp3) is 0.393. The molecule has 1 N–H and O–H groups in total. The van der Waals surface area contributed by atoms with E-state index in [0.29, 0.717) is 43.2 Å². The monoisotopic (exact) mass is 526 g/mol. The Morgan fingerprint density at radius 3 is 2.57 bits per heavy atom. The molecule has 4 rings (SSSR count). The van der Waals surface area contributed by atoms with Gasteiger partial charge in [-0.2, -0.15) is 0 Å². The van der Waals surface area contributed by atoms with Crippen molar-refractivity contribution in [2.45, 2.75) is 46.3 Å². The van der Waals surface area contributed by atoms with Gasteiger partial charge in [0.1, 0.15) is 17.9 Å². The Bertz CT molecular complexity index is 1350. The maximum atomic E-state index is 13.4. The van der Waals surface area contributed by atoms with Crippen molar-refractivity contribution in [3.05, 3.63) is 74.7 Å². The number of benzene rings is 1. The normalized spacial score (nSPS) is 14.6. The molecule has 3 heterocycles. The van der Waals surface area contributed by atoms with Crippen molar-refractivity contribution in [3.63, 3.8) is 0 Å². The first-order chi connectivity index (χ1) is 17.6. The van der Waals surface area contributed by atoms with Gasteiger partial charge < -0.3 is 23.9 Å². The predicted octanol–water partition coefficient (Wildman–Crippen LogP) is 5.40. The smallest absolute Gasteiger partial charge is 0.341 e. The van der Waals surface area contributed by atoms with Crippen molar-refractivity contribution in [2.75, 3.05) is 20.3 Å². The van der Waals surface area contributed by atoms with Gasteiger partial charge in [0.15, 0.2) is 16.7 Å². The van der Waals surface area contributed by atoms with Gasteiger partial charge >= 0.3 is 5.97 Å². The Morgan fingerprint density at radius 2 is 1.92 bits per heavy atom. The van der Waals surface area contributed by atoms with Gasteiger partial charge in [0.2, 0.25) is 5.43 Å². The molecule has 2 aromatic heterocycles. The zero-order chi connectivity index (χ0) is 26.7. The van der Waals surface area contributed by atoms with Crippen LogP contribution >= 0.6 is 11.6 Å². The SMILES string of the molecule is COCCCOc1cc2c(nc1Cl)-c1c(OCc3ccccc3)c(=O)c(C(=O)O)cn1[C@H](C(C)(C)C)C2. The van der Waals surface area contributed by atoms with Gasteiger partial charge in [-0.15, -0.1) is 0 Å². The molecule has 0 saturated carbocycles. The molecule has 0 aliphatic carbocycles. The van der Waals surface area contributed by atoms with E-state index in [4.69, 9.17) is 25.8 Å². The summed E-state index contributed by atoms with van der Waals surface area (Å²) >= 11 is 6.52. The molecule has 0 fully saturated rings. The van der Waals surface area contributed by atoms with Crippen molar-refractivity contribution in [1.82, 2.24) is 9.55 Å². The van der Waals surface area contributed by atoms with Crippen LogP contribution in [-0.4, -0.2) is 41.0 Å². The Hall–Kier alpha value is -3.36. The number of methoxy groups -OCH3 is 1. The minimum atomic E-state index is -1.31. The number of hydrogen-bond donors (Lipinski definition) is 1. The van der Waals surface area contributed by atoms with Crippen LogP contribution in [0.2, 0.25) is 5.15 Å². The van der Waals surface area contributed by atoms with E-state index < -0.39 is 11.4 Å². The van der Waals surface area contributed by atoms with Gasteiger partial charge in [-0.05, 0) is 29.0 Å². The van der Waals surface area contributed by atoms with Gasteiger partial charge in [-0.3, -0.25) is 4.79 Å². The maximum absolute atomic E-state index is 13.4. The van der Waals surface area contributed by atoms with Crippen molar-refractivity contribution in [1.29, 1.82) is 0 Å². The van der Waals surface area contributed by atoms with E-state index in [9.17, 15) is 14.7 Å². The molecule has 0 amide bonds. The molecule has 1 aliphatic rings. The zero-order valence-electron chi connectivity index (χ0n) is 21.4. The van der Waals surface area contributed by atoms with E-state index in [0.717, 1.165) is 11.1 Å². The number of carboxylic acids is 1. The lowest BCUT2D eigenvalue weighted by atomic mass is 9.79. The summed E-state index contributed by atoms with van der Waals surface area (Å²) in [6.07, 6.45) is 2.64. The van der Waals surface area contributed by atoms with Gasteiger partial charge in [-0.1, -0.05) is 62.7 Å². The molecule has 9 heteroatoms. The standard InChI is InChI=1S/C28H31ClN2O6/c1-28(2,3)21-14-18-13-20(36-12-8-11-35-4)26(29)30-22(18)23-25(37-16-17-9-6-5-7-10-17)24(32)19(27(33)34)15-31(21)23/h5-7,9-10,13,15,21H,8,11-12,14,16H2,1-4H3,(H,33,34)/t21-/m0/s1. The van der Waals surface area contributed by atoms with Crippen LogP contribution in [0.15, 0.2) is 47.4 Å². The molecule has 0 bridgehead atoms. The van der Waals surface area contributed by atoms with E-state index in [1.165, 1.54) is 6.20 Å². The van der Waals surface area contributed by atoms with E-state index in [2.05, 4.69) is 25.8 Å². The van der Waals surface area contributed by atoms with Crippen LogP contribution in [-0.2, 0) is 17.8 Å². The Morgan fingerprint density at radius 1 is 1.19 bits per heavy atom. The lowest BCUT2D eigenvalue weighted by Crippen LogP contribution is -2.34. The van der Waals surface area contributed by atoms with Crippen LogP contribution in [0.25, 0.3) is 11.4 Å². The summed E-state index contributed by atoms with van der Waals surface area (Å²) in [7, 11) is 1.63. The molecule has 8 nitrogen and oxygen atoms in total. The van der Waals surface area contributed by atoms with Gasteiger partial charge in [0.05, 0.1) is 12.3 Å². The summed E-state index contributed by atoms with van der Waals surface area (Å²) < 4.78 is 18.8. The molecule has 0 radical (unpaired) electrons. The first-order valence-corrected chi connectivity index (χ1v) is 12.5. The summed E-state index contributed by atoms with van der Waals surface area (Å²) in [4.78, 5) is 30.1. The number of rotatable bonds is 9. The number of fused-ring (bicyclic) bond motifs is 3. The topological polar surface area (TPSA) is 99.9 Å². The number of nitrogens with zero attached hydrogens (tertiary/aromatic N) is 2. The second kappa shape index (κ2) is 10.9. The van der Waals surface area contributed by atoms with Gasteiger partial charge in [-0.25, -0.2) is 9.78 Å². The number of carbonyl (C=O) groups is 1. The highest BCUT2D eigenvalue weighted by molar-refractivity contribution is 6.31. The Labute approximate surface area is 220 Å². The highest BCUT2D eigenvalue weighted by atomic mass is 35.5. The molecule has 37 heavy (non-hydrogen) atoms. The van der Waals surface area contributed by atoms with Crippen LogP contribution in [0.1, 0.15) is 54.7 Å². The lowest BCUT2D eigenvalue weighted by Gasteiger charge is -2.39. The molecule has 1 aromatic carbocycles. The van der Waals surface area contributed by atoms with Crippen molar-refractivity contribution in [3.8, 4) is 22.9 Å². The fourth-order valence-corrected chi connectivity index (χ4v) is 4.68. The second-order valence-corrected chi connectivity index (χ2v) is 10.5. The number of ether oxygens (including phenoxy) is 3. The third kappa shape index (κ3) is 5.65. The number of carboxylic acid groups (broad SMARTS) is 1. The fourth-order valence-electron chi connectivity index (χ4n) is 4.49. The second-order valence-electron chi connectivity index (χ2n) is 10.1. The molecule has 0 spiro atoms. The average molecular weight is 527 g/mol. The average Bonchev–Trinajstić information content (AvgIpc) is 2.85. The van der Waals surface area contributed by atoms with E-state index in [-0.39, 0.29) is 34.5 Å². The van der Waals surface area contributed by atoms with Crippen LogP contribution in [0.3, 0.4) is 0 Å². The van der Waals surface area contributed by atoms with Crippen molar-refractivity contribution >= 4 is 17.6 Å². The molecular formula is C28H31ClN2O6. The summed E-state index contributed by atoms with van der Waals surface area (Å²) in [6, 6.07) is 11.0. The summed E-state index contributed by atoms with van der Waals surface area (Å²) in [6.45, 7) is 7.28. The zero-order valence-corrected chi connectivity index (χ0v) is 22.2. The number of halogens is 1. The molecule has 196 valence electrons. The Kier molecular flexibility index (Phi) is 7.90. The maximum Gasteiger partial charge on any atom is 0.341 e. The van der Waals surface area contributed by atoms with Crippen LogP contribution in [0, 0.1) is 5.41 Å². The van der Waals surface area contributed by atoms with Crippen molar-refractivity contribution < 1.29 is 24.1 Å². The minimum absolute atomic E-state index is 0.0590. The minimum Gasteiger partial charge on any atom is -0.490 e. The summed E-state index contributed by atoms with van der Waals surface area (Å²) in [5.41, 5.74) is 1.25. The Balaban J connectivity index is 1.89. The number of hydrogen-bond acceptors (Lipinski definition) is 6. The summed E-state index contributed by atoms with van der Waals surface area (Å²) in [5, 5.41) is 9.98. The third-order valence-corrected chi connectivity index (χ3v) is 6.67. The molecule has 0 unspecified atom stereocenters. The first kappa shape index (κ1) is 26.7. The molecule has 3 aromatic rings. The van der Waals surface area contributed by atoms with Gasteiger partial charge in [0, 0.05) is 32.4 Å². The quantitative estimate of drug-likeness (QED) is 0.294. The van der Waals surface area contributed by atoms with Crippen LogP contribution in [0.5, 0.6) is 11.5 Å². The highest BCUT2D eigenvalue weighted by Gasteiger charge is 2.37. The number of aromatic carboxylic acids is 1. The molecule has 0 saturated heterocycles. The molecule has 1 aliphatic heterocycles. The third-order valence-electron chi connectivity index (χ3n) is 6.39. The molecular weight excluding hydrogens is 496 g/mol. The predicted molar refractivity (Wildman–Crippen MR) is 141 cm³/mol. The van der Waals surface area contributed by atoms with Crippen molar-refractivity contribution in [2.24, 2.45) is 5.41 Å². The highest BCUT2D eigenvalue weighted by Crippen LogP contribution is 2.46. The number of aromatic nitrogens is 2. The first-order valence-electron chi connectivity index (χ1n) is 12.1. The van der Waals surface area contributed by atoms with E-state index >= 15 is 0 Å². The largest absolute Gasteiger partial charge is 0.490 e. The van der Waals surface area contributed by atoms with E-state index in [1.807, 2.05) is 41.0 Å². The van der Waals surface area contributed by atoms with E-state index in [1.54, 1.807) is 7.11 Å². The summed E-state index contributed by atoms with van der Waals surface area (Å²) in [5.74, 6) is -0.917. The lowest BCUT2D eigenvalue weighted by molar-refractivity contribution is 0.0692.